The zero-order valence-electron chi connectivity index (χ0n) is 22.7. The smallest absolute Gasteiger partial charge is 0.326 e. The number of carboxylic acid groups (broad SMARTS) is 2. The van der Waals surface area contributed by atoms with E-state index in [1.54, 1.807) is 20.0 Å². The van der Waals surface area contributed by atoms with Crippen molar-refractivity contribution in [1.82, 2.24) is 30.9 Å². The van der Waals surface area contributed by atoms with Gasteiger partial charge in [-0.15, -0.1) is 0 Å². The molecule has 0 aliphatic rings. The van der Waals surface area contributed by atoms with Gasteiger partial charge in [0.15, 0.2) is 0 Å². The maximum absolute atomic E-state index is 13.6. The topological polar surface area (TPSA) is 232 Å². The minimum atomic E-state index is -1.46. The third-order valence-electron chi connectivity index (χ3n) is 6.57. The van der Waals surface area contributed by atoms with E-state index in [1.807, 2.05) is 24.3 Å². The van der Waals surface area contributed by atoms with E-state index in [4.69, 9.17) is 10.8 Å². The number of hydrogen-bond acceptors (Lipinski definition) is 7. The van der Waals surface area contributed by atoms with Gasteiger partial charge in [0, 0.05) is 48.3 Å². The van der Waals surface area contributed by atoms with Crippen LogP contribution in [-0.2, 0) is 36.8 Å². The molecule has 0 spiro atoms. The number of hydrogen-bond donors (Lipinski definition) is 8. The molecular weight excluding hydrogens is 534 g/mol. The van der Waals surface area contributed by atoms with Gasteiger partial charge in [-0.2, -0.15) is 0 Å². The molecule has 0 saturated carbocycles. The number of fused-ring (bicyclic) bond motifs is 1. The van der Waals surface area contributed by atoms with Crippen molar-refractivity contribution in [1.29, 1.82) is 0 Å². The first-order chi connectivity index (χ1) is 19.5. The molecule has 14 nitrogen and oxygen atoms in total. The number of aliphatic carboxylic acids is 2. The van der Waals surface area contributed by atoms with Gasteiger partial charge in [-0.1, -0.05) is 32.0 Å². The molecular formula is C27H35N7O7. The van der Waals surface area contributed by atoms with Crippen LogP contribution < -0.4 is 21.7 Å². The Kier molecular flexibility index (Phi) is 10.6. The Morgan fingerprint density at radius 1 is 0.927 bits per heavy atom. The number of para-hydroxylation sites is 1. The maximum Gasteiger partial charge on any atom is 0.326 e. The SMILES string of the molecule is CC(C)C(NC(=O)C(Cc1c[nH]c2ccccc12)NC(=O)C(N)Cc1cnc[nH]1)C(=O)NC(CCC(=O)O)C(=O)O. The van der Waals surface area contributed by atoms with E-state index in [2.05, 4.69) is 30.9 Å². The highest BCUT2D eigenvalue weighted by Gasteiger charge is 2.32. The van der Waals surface area contributed by atoms with Gasteiger partial charge in [-0.25, -0.2) is 9.78 Å². The number of nitrogens with zero attached hydrogens (tertiary/aromatic N) is 1. The fourth-order valence-corrected chi connectivity index (χ4v) is 4.31. The molecule has 3 rings (SSSR count). The number of amides is 3. The molecule has 0 radical (unpaired) electrons. The van der Waals surface area contributed by atoms with Gasteiger partial charge in [0.05, 0.1) is 12.4 Å². The number of H-pyrrole nitrogens is 2. The van der Waals surface area contributed by atoms with Crippen molar-refractivity contribution in [3.05, 3.63) is 54.2 Å². The number of benzene rings is 1. The Labute approximate surface area is 235 Å². The van der Waals surface area contributed by atoms with Crippen molar-refractivity contribution >= 4 is 40.6 Å². The van der Waals surface area contributed by atoms with Crippen LogP contribution in [0.3, 0.4) is 0 Å². The van der Waals surface area contributed by atoms with Crippen molar-refractivity contribution in [2.45, 2.75) is 63.7 Å². The van der Waals surface area contributed by atoms with E-state index in [9.17, 15) is 29.1 Å². The summed E-state index contributed by atoms with van der Waals surface area (Å²) in [5, 5.41) is 26.8. The lowest BCUT2D eigenvalue weighted by molar-refractivity contribution is -0.143. The summed E-state index contributed by atoms with van der Waals surface area (Å²) in [7, 11) is 0. The fourth-order valence-electron chi connectivity index (χ4n) is 4.31. The average Bonchev–Trinajstić information content (AvgIpc) is 3.58. The molecule has 3 amide bonds. The monoisotopic (exact) mass is 569 g/mol. The van der Waals surface area contributed by atoms with Crippen LogP contribution >= 0.6 is 0 Å². The summed E-state index contributed by atoms with van der Waals surface area (Å²) in [5.74, 6) is -5.14. The summed E-state index contributed by atoms with van der Waals surface area (Å²) >= 11 is 0. The number of nitrogens with one attached hydrogen (secondary N) is 5. The molecule has 220 valence electrons. The summed E-state index contributed by atoms with van der Waals surface area (Å²) < 4.78 is 0. The first kappa shape index (κ1) is 30.8. The summed E-state index contributed by atoms with van der Waals surface area (Å²) in [6.45, 7) is 3.32. The molecule has 0 fully saturated rings. The number of nitrogens with two attached hydrogens (primary N) is 1. The van der Waals surface area contributed by atoms with Crippen LogP contribution in [0.2, 0.25) is 0 Å². The van der Waals surface area contributed by atoms with Crippen LogP contribution in [0.1, 0.15) is 37.9 Å². The Balaban J connectivity index is 1.80. The molecule has 0 bridgehead atoms. The molecule has 41 heavy (non-hydrogen) atoms. The molecule has 0 aliphatic heterocycles. The van der Waals surface area contributed by atoms with Gasteiger partial charge in [0.2, 0.25) is 17.7 Å². The fraction of sp³-hybridized carbons (Fsp3) is 0.407. The lowest BCUT2D eigenvalue weighted by atomic mass is 9.99. The zero-order chi connectivity index (χ0) is 30.1. The van der Waals surface area contributed by atoms with Crippen molar-refractivity contribution in [2.24, 2.45) is 11.7 Å². The van der Waals surface area contributed by atoms with E-state index < -0.39 is 66.2 Å². The second-order valence-electron chi connectivity index (χ2n) is 10.1. The number of carbonyl (C=O) groups is 5. The third-order valence-corrected chi connectivity index (χ3v) is 6.57. The molecule has 0 aliphatic carbocycles. The van der Waals surface area contributed by atoms with Crippen molar-refractivity contribution in [3.8, 4) is 0 Å². The minimum Gasteiger partial charge on any atom is -0.481 e. The molecule has 14 heteroatoms. The maximum atomic E-state index is 13.6. The number of aromatic nitrogens is 3. The Hall–Kier alpha value is -4.72. The molecule has 2 aromatic heterocycles. The molecule has 3 aromatic rings. The number of rotatable bonds is 15. The van der Waals surface area contributed by atoms with Crippen molar-refractivity contribution in [2.75, 3.05) is 0 Å². The lowest BCUT2D eigenvalue weighted by Crippen LogP contribution is -2.59. The first-order valence-electron chi connectivity index (χ1n) is 13.1. The normalized spacial score (nSPS) is 14.1. The standard InChI is InChI=1S/C27H35N7O7/c1-14(2)23(26(39)32-20(27(40)41)7-8-22(35)36)34-25(38)21(9-15-11-30-19-6-4-3-5-17(15)19)33-24(37)18(28)10-16-12-29-13-31-16/h3-6,11-14,18,20-21,23,30H,7-10,28H2,1-2H3,(H,29,31)(H,32,39)(H,33,37)(H,34,38)(H,35,36)(H,40,41). The van der Waals surface area contributed by atoms with Crippen LogP contribution in [-0.4, -0.2) is 79.0 Å². The molecule has 9 N–H and O–H groups in total. The van der Waals surface area contributed by atoms with Crippen LogP contribution in [0.15, 0.2) is 43.0 Å². The molecule has 1 aromatic carbocycles. The third kappa shape index (κ3) is 8.63. The highest BCUT2D eigenvalue weighted by atomic mass is 16.4. The van der Waals surface area contributed by atoms with Crippen LogP contribution in [0.5, 0.6) is 0 Å². The number of carbonyl (C=O) groups excluding carboxylic acids is 3. The molecule has 4 atom stereocenters. The summed E-state index contributed by atoms with van der Waals surface area (Å²) in [6.07, 6.45) is 4.15. The first-order valence-corrected chi connectivity index (χ1v) is 13.1. The highest BCUT2D eigenvalue weighted by Crippen LogP contribution is 2.19. The minimum absolute atomic E-state index is 0.0706. The second-order valence-corrected chi connectivity index (χ2v) is 10.1. The molecule has 2 heterocycles. The van der Waals surface area contributed by atoms with Crippen molar-refractivity contribution in [3.63, 3.8) is 0 Å². The Morgan fingerprint density at radius 3 is 2.27 bits per heavy atom. The van der Waals surface area contributed by atoms with Gasteiger partial charge in [-0.05, 0) is 24.0 Å². The quantitative estimate of drug-likeness (QED) is 0.123. The van der Waals surface area contributed by atoms with Crippen LogP contribution in [0.4, 0.5) is 0 Å². The van der Waals surface area contributed by atoms with Gasteiger partial charge < -0.3 is 41.9 Å². The van der Waals surface area contributed by atoms with E-state index in [0.29, 0.717) is 5.69 Å². The predicted octanol–water partition coefficient (Wildman–Crippen LogP) is 0.0633. The van der Waals surface area contributed by atoms with E-state index in [1.165, 1.54) is 12.5 Å². The van der Waals surface area contributed by atoms with E-state index >= 15 is 0 Å². The van der Waals surface area contributed by atoms with Gasteiger partial charge in [0.25, 0.3) is 0 Å². The van der Waals surface area contributed by atoms with E-state index in [0.717, 1.165) is 16.5 Å². The molecule has 0 saturated heterocycles. The predicted molar refractivity (Wildman–Crippen MR) is 147 cm³/mol. The second kappa shape index (κ2) is 14.1. The summed E-state index contributed by atoms with van der Waals surface area (Å²) in [4.78, 5) is 72.0. The number of imidazole rings is 1. The lowest BCUT2D eigenvalue weighted by Gasteiger charge is -2.27. The number of carboxylic acids is 2. The van der Waals surface area contributed by atoms with E-state index in [-0.39, 0.29) is 19.3 Å². The summed E-state index contributed by atoms with van der Waals surface area (Å²) in [5.41, 5.74) is 8.31. The van der Waals surface area contributed by atoms with Crippen LogP contribution in [0, 0.1) is 5.92 Å². The summed E-state index contributed by atoms with van der Waals surface area (Å²) in [6, 6.07) is 2.68. The van der Waals surface area contributed by atoms with Gasteiger partial charge >= 0.3 is 11.9 Å². The molecule has 4 unspecified atom stereocenters. The van der Waals surface area contributed by atoms with Gasteiger partial charge in [-0.3, -0.25) is 19.2 Å². The van der Waals surface area contributed by atoms with Crippen molar-refractivity contribution < 1.29 is 34.2 Å². The largest absolute Gasteiger partial charge is 0.481 e. The number of aromatic amines is 2. The zero-order valence-corrected chi connectivity index (χ0v) is 22.7. The highest BCUT2D eigenvalue weighted by molar-refractivity contribution is 5.95. The Bertz CT molecular complexity index is 1370. The van der Waals surface area contributed by atoms with Gasteiger partial charge in [0.1, 0.15) is 18.1 Å². The average molecular weight is 570 g/mol. The van der Waals surface area contributed by atoms with Crippen LogP contribution in [0.25, 0.3) is 10.9 Å². The Morgan fingerprint density at radius 2 is 1.63 bits per heavy atom.